The molecule has 1 aromatic carbocycles. The molecule has 20 heavy (non-hydrogen) atoms. The van der Waals surface area contributed by atoms with Crippen molar-refractivity contribution >= 4 is 22.8 Å². The number of carboxylic acids is 1. The number of amides is 1. The van der Waals surface area contributed by atoms with Crippen LogP contribution in [0, 0.1) is 6.92 Å². The highest BCUT2D eigenvalue weighted by Crippen LogP contribution is 2.18. The first-order chi connectivity index (χ1) is 9.58. The molecule has 1 aromatic heterocycles. The van der Waals surface area contributed by atoms with Gasteiger partial charge in [-0.1, -0.05) is 0 Å². The lowest BCUT2D eigenvalue weighted by Gasteiger charge is -2.07. The van der Waals surface area contributed by atoms with Gasteiger partial charge in [0.2, 0.25) is 0 Å². The average molecular weight is 277 g/mol. The molecule has 0 bridgehead atoms. The highest BCUT2D eigenvalue weighted by atomic mass is 16.5. The fourth-order valence-electron chi connectivity index (χ4n) is 1.88. The van der Waals surface area contributed by atoms with Gasteiger partial charge in [0.05, 0.1) is 23.9 Å². The summed E-state index contributed by atoms with van der Waals surface area (Å²) in [4.78, 5) is 22.3. The number of hydrogen-bond donors (Lipinski definition) is 3. The van der Waals surface area contributed by atoms with Gasteiger partial charge in [-0.2, -0.15) is 5.10 Å². The number of aliphatic carboxylic acids is 1. The third-order valence-electron chi connectivity index (χ3n) is 2.70. The van der Waals surface area contributed by atoms with Gasteiger partial charge in [-0.15, -0.1) is 0 Å². The number of ether oxygens (including phenoxy) is 1. The van der Waals surface area contributed by atoms with E-state index in [1.807, 2.05) is 13.0 Å². The quantitative estimate of drug-likeness (QED) is 0.674. The Kier molecular flexibility index (Phi) is 4.31. The van der Waals surface area contributed by atoms with Gasteiger partial charge in [-0.05, 0) is 24.6 Å². The zero-order valence-corrected chi connectivity index (χ0v) is 11.0. The predicted octanol–water partition coefficient (Wildman–Crippen LogP) is 0.702. The van der Waals surface area contributed by atoms with Crippen LogP contribution in [-0.2, 0) is 9.53 Å². The van der Waals surface area contributed by atoms with Crippen molar-refractivity contribution in [1.82, 2.24) is 15.5 Å². The van der Waals surface area contributed by atoms with Gasteiger partial charge in [0.1, 0.15) is 6.61 Å². The lowest BCUT2D eigenvalue weighted by Crippen LogP contribution is -2.28. The number of aromatic amines is 1. The summed E-state index contributed by atoms with van der Waals surface area (Å²) in [5.74, 6) is -1.28. The Bertz CT molecular complexity index is 636. The summed E-state index contributed by atoms with van der Waals surface area (Å²) in [6, 6.07) is 3.71. The summed E-state index contributed by atoms with van der Waals surface area (Å²) < 4.78 is 4.84. The van der Waals surface area contributed by atoms with Crippen molar-refractivity contribution in [3.05, 3.63) is 29.5 Å². The first kappa shape index (κ1) is 14.0. The Morgan fingerprint density at radius 3 is 3.00 bits per heavy atom. The van der Waals surface area contributed by atoms with E-state index >= 15 is 0 Å². The Morgan fingerprint density at radius 2 is 2.25 bits per heavy atom. The molecule has 0 atom stereocenters. The molecule has 0 aliphatic carbocycles. The molecule has 3 N–H and O–H groups in total. The van der Waals surface area contributed by atoms with E-state index in [0.717, 1.165) is 10.9 Å². The standard InChI is InChI=1S/C13H15N3O4/c1-8-4-9-6-15-16-12(9)10(5-8)13(19)14-2-3-20-7-11(17)18/h4-6H,2-3,7H2,1H3,(H,14,19)(H,15,16)(H,17,18). The van der Waals surface area contributed by atoms with Crippen LogP contribution >= 0.6 is 0 Å². The first-order valence-corrected chi connectivity index (χ1v) is 6.09. The van der Waals surface area contributed by atoms with Crippen molar-refractivity contribution in [2.75, 3.05) is 19.8 Å². The van der Waals surface area contributed by atoms with Gasteiger partial charge in [-0.3, -0.25) is 9.89 Å². The van der Waals surface area contributed by atoms with Crippen LogP contribution in [0.4, 0.5) is 0 Å². The minimum absolute atomic E-state index is 0.149. The summed E-state index contributed by atoms with van der Waals surface area (Å²) in [6.07, 6.45) is 1.66. The molecule has 0 saturated carbocycles. The second-order valence-corrected chi connectivity index (χ2v) is 4.35. The van der Waals surface area contributed by atoms with Crippen LogP contribution in [0.15, 0.2) is 18.3 Å². The number of H-pyrrole nitrogens is 1. The molecule has 2 aromatic rings. The number of nitrogens with one attached hydrogen (secondary N) is 2. The summed E-state index contributed by atoms with van der Waals surface area (Å²) in [5.41, 5.74) is 2.15. The fourth-order valence-corrected chi connectivity index (χ4v) is 1.88. The topological polar surface area (TPSA) is 104 Å². The normalized spacial score (nSPS) is 10.7. The maximum Gasteiger partial charge on any atom is 0.329 e. The summed E-state index contributed by atoms with van der Waals surface area (Å²) >= 11 is 0. The molecular formula is C13H15N3O4. The van der Waals surface area contributed by atoms with E-state index in [9.17, 15) is 9.59 Å². The maximum absolute atomic E-state index is 12.1. The molecule has 7 nitrogen and oxygen atoms in total. The molecule has 1 amide bonds. The van der Waals surface area contributed by atoms with Crippen molar-refractivity contribution in [1.29, 1.82) is 0 Å². The van der Waals surface area contributed by atoms with Gasteiger partial charge >= 0.3 is 5.97 Å². The van der Waals surface area contributed by atoms with Crippen LogP contribution in [-0.4, -0.2) is 46.9 Å². The second-order valence-electron chi connectivity index (χ2n) is 4.35. The molecule has 1 heterocycles. The minimum Gasteiger partial charge on any atom is -0.480 e. The Hall–Kier alpha value is -2.41. The smallest absolute Gasteiger partial charge is 0.329 e. The number of benzene rings is 1. The fraction of sp³-hybridized carbons (Fsp3) is 0.308. The number of aromatic nitrogens is 2. The maximum atomic E-state index is 12.1. The zero-order valence-electron chi connectivity index (χ0n) is 11.0. The van der Waals surface area contributed by atoms with E-state index in [-0.39, 0.29) is 25.7 Å². The van der Waals surface area contributed by atoms with Gasteiger partial charge in [0.25, 0.3) is 5.91 Å². The average Bonchev–Trinajstić information content (AvgIpc) is 2.84. The molecule has 106 valence electrons. The molecule has 0 aliphatic rings. The molecule has 0 aliphatic heterocycles. The highest BCUT2D eigenvalue weighted by Gasteiger charge is 2.12. The van der Waals surface area contributed by atoms with E-state index < -0.39 is 5.97 Å². The molecule has 0 radical (unpaired) electrons. The van der Waals surface area contributed by atoms with Crippen molar-refractivity contribution in [3.8, 4) is 0 Å². The molecule has 7 heteroatoms. The van der Waals surface area contributed by atoms with E-state index in [1.165, 1.54) is 0 Å². The SMILES string of the molecule is Cc1cc(C(=O)NCCOCC(=O)O)c2[nH]ncc2c1. The van der Waals surface area contributed by atoms with Crippen molar-refractivity contribution < 1.29 is 19.4 Å². The lowest BCUT2D eigenvalue weighted by molar-refractivity contribution is -0.142. The van der Waals surface area contributed by atoms with E-state index in [1.54, 1.807) is 12.3 Å². The van der Waals surface area contributed by atoms with Crippen molar-refractivity contribution in [2.24, 2.45) is 0 Å². The molecule has 2 rings (SSSR count). The molecule has 0 spiro atoms. The van der Waals surface area contributed by atoms with Crippen LogP contribution < -0.4 is 5.32 Å². The summed E-state index contributed by atoms with van der Waals surface area (Å²) in [7, 11) is 0. The number of rotatable bonds is 6. The van der Waals surface area contributed by atoms with Crippen LogP contribution in [0.25, 0.3) is 10.9 Å². The number of hydrogen-bond acceptors (Lipinski definition) is 4. The number of aryl methyl sites for hydroxylation is 1. The number of carbonyl (C=O) groups excluding carboxylic acids is 1. The predicted molar refractivity (Wildman–Crippen MR) is 71.6 cm³/mol. The van der Waals surface area contributed by atoms with Crippen LogP contribution in [0.1, 0.15) is 15.9 Å². The van der Waals surface area contributed by atoms with Crippen LogP contribution in [0.2, 0.25) is 0 Å². The third-order valence-corrected chi connectivity index (χ3v) is 2.70. The number of carbonyl (C=O) groups is 2. The number of nitrogens with zero attached hydrogens (tertiary/aromatic N) is 1. The van der Waals surface area contributed by atoms with Crippen molar-refractivity contribution in [3.63, 3.8) is 0 Å². The number of fused-ring (bicyclic) bond motifs is 1. The molecular weight excluding hydrogens is 262 g/mol. The highest BCUT2D eigenvalue weighted by molar-refractivity contribution is 6.05. The van der Waals surface area contributed by atoms with Gasteiger partial charge in [-0.25, -0.2) is 4.79 Å². The van der Waals surface area contributed by atoms with Gasteiger partial charge < -0.3 is 15.2 Å². The van der Waals surface area contributed by atoms with Gasteiger partial charge in [0.15, 0.2) is 0 Å². The van der Waals surface area contributed by atoms with Crippen molar-refractivity contribution in [2.45, 2.75) is 6.92 Å². The van der Waals surface area contributed by atoms with E-state index in [4.69, 9.17) is 9.84 Å². The van der Waals surface area contributed by atoms with Crippen LogP contribution in [0.5, 0.6) is 0 Å². The van der Waals surface area contributed by atoms with Crippen LogP contribution in [0.3, 0.4) is 0 Å². The molecule has 0 unspecified atom stereocenters. The Morgan fingerprint density at radius 1 is 1.45 bits per heavy atom. The third kappa shape index (κ3) is 3.33. The summed E-state index contributed by atoms with van der Waals surface area (Å²) in [5, 5.41) is 18.7. The molecule has 0 fully saturated rings. The monoisotopic (exact) mass is 277 g/mol. The first-order valence-electron chi connectivity index (χ1n) is 6.09. The van der Waals surface area contributed by atoms with E-state index in [0.29, 0.717) is 11.1 Å². The zero-order chi connectivity index (χ0) is 14.5. The Labute approximate surface area is 114 Å². The Balaban J connectivity index is 1.97. The minimum atomic E-state index is -1.03. The van der Waals surface area contributed by atoms with Gasteiger partial charge in [0, 0.05) is 11.9 Å². The second kappa shape index (κ2) is 6.16. The van der Waals surface area contributed by atoms with E-state index in [2.05, 4.69) is 15.5 Å². The number of carboxylic acid groups (broad SMARTS) is 1. The lowest BCUT2D eigenvalue weighted by atomic mass is 10.1. The largest absolute Gasteiger partial charge is 0.480 e. The summed E-state index contributed by atoms with van der Waals surface area (Å²) in [6.45, 7) is 1.93. The molecule has 0 saturated heterocycles.